The molecule has 146 valence electrons. The number of aliphatic imine (C=N–C) groups is 1. The summed E-state index contributed by atoms with van der Waals surface area (Å²) >= 11 is 1.34. The van der Waals surface area contributed by atoms with E-state index in [0.29, 0.717) is 34.7 Å². The summed E-state index contributed by atoms with van der Waals surface area (Å²) in [5.74, 6) is 1.25. The van der Waals surface area contributed by atoms with E-state index in [2.05, 4.69) is 4.99 Å². The number of benzene rings is 2. The highest BCUT2D eigenvalue weighted by atomic mass is 32.2. The smallest absolute Gasteiger partial charge is 0.266 e. The zero-order valence-electron chi connectivity index (χ0n) is 16.0. The van der Waals surface area contributed by atoms with Gasteiger partial charge in [0.05, 0.1) is 38.0 Å². The molecule has 6 nitrogen and oxygen atoms in total. The molecule has 0 bridgehead atoms. The van der Waals surface area contributed by atoms with Crippen molar-refractivity contribution in [1.29, 1.82) is 0 Å². The fraction of sp³-hybridized carbons (Fsp3) is 0.238. The van der Waals surface area contributed by atoms with Crippen LogP contribution in [0.1, 0.15) is 5.56 Å². The molecule has 1 heterocycles. The van der Waals surface area contributed by atoms with Gasteiger partial charge in [0, 0.05) is 12.7 Å². The lowest BCUT2D eigenvalue weighted by Gasteiger charge is -2.14. The normalized spacial score (nSPS) is 16.8. The summed E-state index contributed by atoms with van der Waals surface area (Å²) in [6, 6.07) is 15.0. The van der Waals surface area contributed by atoms with Gasteiger partial charge in [-0.2, -0.15) is 0 Å². The highest BCUT2D eigenvalue weighted by molar-refractivity contribution is 8.18. The molecule has 0 atom stereocenters. The summed E-state index contributed by atoms with van der Waals surface area (Å²) in [4.78, 5) is 19.8. The zero-order chi connectivity index (χ0) is 19.9. The number of carbonyl (C=O) groups excluding carboxylic acids is 1. The number of methoxy groups -OCH3 is 3. The molecule has 1 aliphatic rings. The van der Waals surface area contributed by atoms with E-state index >= 15 is 0 Å². The number of ether oxygens (including phenoxy) is 3. The molecule has 0 radical (unpaired) electrons. The molecular formula is C21H22N2O4S. The first kappa shape index (κ1) is 20.0. The van der Waals surface area contributed by atoms with Crippen LogP contribution < -0.4 is 9.47 Å². The van der Waals surface area contributed by atoms with Crippen molar-refractivity contribution in [1.82, 2.24) is 4.90 Å². The molecule has 2 aromatic rings. The maximum Gasteiger partial charge on any atom is 0.266 e. The largest absolute Gasteiger partial charge is 0.497 e. The first-order valence-corrected chi connectivity index (χ1v) is 9.54. The van der Waals surface area contributed by atoms with Gasteiger partial charge in [-0.15, -0.1) is 0 Å². The van der Waals surface area contributed by atoms with Gasteiger partial charge in [0.1, 0.15) is 11.5 Å². The SMILES string of the molecule is COCCN1C(=O)/C(=C\c2cc(OC)ccc2OC)SC1=Nc1ccccc1. The summed E-state index contributed by atoms with van der Waals surface area (Å²) in [5.41, 5.74) is 1.56. The van der Waals surface area contributed by atoms with Gasteiger partial charge in [0.25, 0.3) is 5.91 Å². The van der Waals surface area contributed by atoms with Crippen LogP contribution in [0.2, 0.25) is 0 Å². The summed E-state index contributed by atoms with van der Waals surface area (Å²) in [7, 11) is 4.81. The van der Waals surface area contributed by atoms with Crippen LogP contribution in [0.3, 0.4) is 0 Å². The molecule has 28 heavy (non-hydrogen) atoms. The molecule has 0 unspecified atom stereocenters. The van der Waals surface area contributed by atoms with Crippen molar-refractivity contribution >= 4 is 34.6 Å². The van der Waals surface area contributed by atoms with E-state index < -0.39 is 0 Å². The number of rotatable bonds is 7. The van der Waals surface area contributed by atoms with Crippen molar-refractivity contribution in [2.75, 3.05) is 34.5 Å². The van der Waals surface area contributed by atoms with E-state index in [0.717, 1.165) is 11.3 Å². The van der Waals surface area contributed by atoms with Crippen LogP contribution in [-0.4, -0.2) is 50.5 Å². The summed E-state index contributed by atoms with van der Waals surface area (Å²) in [5, 5.41) is 0.626. The van der Waals surface area contributed by atoms with Crippen LogP contribution in [0.5, 0.6) is 11.5 Å². The van der Waals surface area contributed by atoms with E-state index in [1.165, 1.54) is 11.8 Å². The minimum Gasteiger partial charge on any atom is -0.497 e. The van der Waals surface area contributed by atoms with Gasteiger partial charge in [0.15, 0.2) is 5.17 Å². The maximum atomic E-state index is 13.0. The molecule has 0 aliphatic carbocycles. The Morgan fingerprint density at radius 1 is 1.07 bits per heavy atom. The fourth-order valence-electron chi connectivity index (χ4n) is 2.68. The maximum absolute atomic E-state index is 13.0. The molecule has 0 N–H and O–H groups in total. The molecular weight excluding hydrogens is 376 g/mol. The monoisotopic (exact) mass is 398 g/mol. The van der Waals surface area contributed by atoms with Gasteiger partial charge in [0.2, 0.25) is 0 Å². The van der Waals surface area contributed by atoms with Gasteiger partial charge < -0.3 is 14.2 Å². The number of hydrogen-bond acceptors (Lipinski definition) is 6. The third-order valence-electron chi connectivity index (χ3n) is 4.11. The molecule has 1 aliphatic heterocycles. The second kappa shape index (κ2) is 9.43. The fourth-order valence-corrected chi connectivity index (χ4v) is 3.69. The van der Waals surface area contributed by atoms with Crippen molar-refractivity contribution in [2.24, 2.45) is 4.99 Å². The average molecular weight is 398 g/mol. The highest BCUT2D eigenvalue weighted by Gasteiger charge is 2.33. The molecule has 0 aromatic heterocycles. The molecule has 3 rings (SSSR count). The standard InChI is InChI=1S/C21H22N2O4S/c1-25-12-11-23-20(24)19(28-21(23)22-16-7-5-4-6-8-16)14-15-13-17(26-2)9-10-18(15)27-3/h4-10,13-14H,11-12H2,1-3H3/b19-14+,22-21?. The van der Waals surface area contributed by atoms with Gasteiger partial charge >= 0.3 is 0 Å². The lowest BCUT2D eigenvalue weighted by atomic mass is 10.1. The number of carbonyl (C=O) groups is 1. The van der Waals surface area contributed by atoms with E-state index in [1.54, 1.807) is 26.2 Å². The number of amidine groups is 1. The molecule has 0 saturated carbocycles. The second-order valence-electron chi connectivity index (χ2n) is 5.90. The van der Waals surface area contributed by atoms with Crippen LogP contribution in [0, 0.1) is 0 Å². The van der Waals surface area contributed by atoms with Crippen LogP contribution in [0.15, 0.2) is 58.4 Å². The Balaban J connectivity index is 1.97. The van der Waals surface area contributed by atoms with E-state index in [1.807, 2.05) is 54.6 Å². The lowest BCUT2D eigenvalue weighted by molar-refractivity contribution is -0.122. The Morgan fingerprint density at radius 3 is 2.54 bits per heavy atom. The topological polar surface area (TPSA) is 60.4 Å². The number of nitrogens with zero attached hydrogens (tertiary/aromatic N) is 2. The number of thioether (sulfide) groups is 1. The lowest BCUT2D eigenvalue weighted by Crippen LogP contribution is -2.32. The van der Waals surface area contributed by atoms with Crippen molar-refractivity contribution < 1.29 is 19.0 Å². The average Bonchev–Trinajstić information content (AvgIpc) is 3.01. The Morgan fingerprint density at radius 2 is 1.86 bits per heavy atom. The summed E-state index contributed by atoms with van der Waals surface area (Å²) in [6.07, 6.45) is 1.81. The number of hydrogen-bond donors (Lipinski definition) is 0. The number of amides is 1. The van der Waals surface area contributed by atoms with Gasteiger partial charge in [-0.25, -0.2) is 4.99 Å². The highest BCUT2D eigenvalue weighted by Crippen LogP contribution is 2.36. The quantitative estimate of drug-likeness (QED) is 0.661. The van der Waals surface area contributed by atoms with Crippen molar-refractivity contribution in [2.45, 2.75) is 0 Å². The van der Waals surface area contributed by atoms with Crippen molar-refractivity contribution in [3.05, 3.63) is 59.0 Å². The van der Waals surface area contributed by atoms with Gasteiger partial charge in [-0.1, -0.05) is 18.2 Å². The predicted molar refractivity (Wildman–Crippen MR) is 112 cm³/mol. The van der Waals surface area contributed by atoms with Gasteiger partial charge in [-0.3, -0.25) is 9.69 Å². The minimum absolute atomic E-state index is 0.110. The molecule has 1 saturated heterocycles. The van der Waals surface area contributed by atoms with Crippen LogP contribution >= 0.6 is 11.8 Å². The Kier molecular flexibility index (Phi) is 6.73. The van der Waals surface area contributed by atoms with Gasteiger partial charge in [-0.05, 0) is 48.2 Å². The summed E-state index contributed by atoms with van der Waals surface area (Å²) in [6.45, 7) is 0.858. The van der Waals surface area contributed by atoms with Crippen LogP contribution in [-0.2, 0) is 9.53 Å². The first-order valence-electron chi connectivity index (χ1n) is 8.72. The van der Waals surface area contributed by atoms with Crippen molar-refractivity contribution in [3.63, 3.8) is 0 Å². The predicted octanol–water partition coefficient (Wildman–Crippen LogP) is 3.95. The second-order valence-corrected chi connectivity index (χ2v) is 6.91. The number of para-hydroxylation sites is 1. The molecule has 0 spiro atoms. The molecule has 2 aromatic carbocycles. The van der Waals surface area contributed by atoms with E-state index in [9.17, 15) is 4.79 Å². The van der Waals surface area contributed by atoms with E-state index in [-0.39, 0.29) is 5.91 Å². The van der Waals surface area contributed by atoms with Crippen LogP contribution in [0.25, 0.3) is 6.08 Å². The Hall–Kier alpha value is -2.77. The molecule has 1 amide bonds. The zero-order valence-corrected chi connectivity index (χ0v) is 16.9. The Bertz CT molecular complexity index is 897. The molecule has 7 heteroatoms. The van der Waals surface area contributed by atoms with Crippen molar-refractivity contribution in [3.8, 4) is 11.5 Å². The third kappa shape index (κ3) is 4.55. The minimum atomic E-state index is -0.110. The van der Waals surface area contributed by atoms with E-state index in [4.69, 9.17) is 14.2 Å². The summed E-state index contributed by atoms with van der Waals surface area (Å²) < 4.78 is 15.9. The van der Waals surface area contributed by atoms with Crippen LogP contribution in [0.4, 0.5) is 5.69 Å². The third-order valence-corrected chi connectivity index (χ3v) is 5.12. The molecule has 1 fully saturated rings. The first-order chi connectivity index (χ1) is 13.7. The Labute approximate surface area is 168 Å².